The highest BCUT2D eigenvalue weighted by Gasteiger charge is 2.65. The summed E-state index contributed by atoms with van der Waals surface area (Å²) >= 11 is 0. The van der Waals surface area contributed by atoms with Gasteiger partial charge in [-0.3, -0.25) is 9.59 Å². The number of halogens is 3. The van der Waals surface area contributed by atoms with E-state index in [0.717, 1.165) is 18.6 Å². The van der Waals surface area contributed by atoms with Crippen molar-refractivity contribution in [2.24, 2.45) is 17.3 Å². The number of hydrogen-bond donors (Lipinski definition) is 1. The fourth-order valence-corrected chi connectivity index (χ4v) is 4.13. The standard InChI is InChI=1S/C19H21F3N2O3/c1-11-6-13(19(20,21)22)2-3-15(11)23-16(25)14-7-18(14)9-24(10-18)17(26)12-4-5-27-8-12/h2-3,6,12,14H,4-5,7-10H2,1H3,(H,23,25). The summed E-state index contributed by atoms with van der Waals surface area (Å²) in [6.07, 6.45) is -2.94. The van der Waals surface area contributed by atoms with Crippen LogP contribution in [0.15, 0.2) is 18.2 Å². The largest absolute Gasteiger partial charge is 0.416 e. The Morgan fingerprint density at radius 2 is 2.04 bits per heavy atom. The van der Waals surface area contributed by atoms with Gasteiger partial charge in [-0.15, -0.1) is 0 Å². The van der Waals surface area contributed by atoms with E-state index in [1.807, 2.05) is 0 Å². The van der Waals surface area contributed by atoms with Gasteiger partial charge >= 0.3 is 6.18 Å². The molecule has 2 amide bonds. The molecule has 2 atom stereocenters. The number of ether oxygens (including phenoxy) is 1. The molecule has 1 spiro atoms. The highest BCUT2D eigenvalue weighted by molar-refractivity contribution is 5.96. The van der Waals surface area contributed by atoms with Crippen LogP contribution in [-0.4, -0.2) is 43.0 Å². The number of carbonyl (C=O) groups excluding carboxylic acids is 2. The first-order valence-electron chi connectivity index (χ1n) is 9.05. The SMILES string of the molecule is Cc1cc(C(F)(F)F)ccc1NC(=O)C1CC12CN(C(=O)C1CCOC1)C2. The van der Waals surface area contributed by atoms with E-state index < -0.39 is 11.7 Å². The molecule has 2 saturated heterocycles. The minimum Gasteiger partial charge on any atom is -0.381 e. The van der Waals surface area contributed by atoms with Crippen LogP contribution in [0.1, 0.15) is 24.0 Å². The molecule has 146 valence electrons. The Balaban J connectivity index is 1.33. The third-order valence-corrected chi connectivity index (χ3v) is 5.92. The summed E-state index contributed by atoms with van der Waals surface area (Å²) in [5, 5.41) is 2.74. The topological polar surface area (TPSA) is 58.6 Å². The van der Waals surface area contributed by atoms with Crippen LogP contribution < -0.4 is 5.32 Å². The normalized spacial score (nSPS) is 26.0. The molecule has 3 aliphatic rings. The van der Waals surface area contributed by atoms with Crippen LogP contribution in [0.3, 0.4) is 0 Å². The summed E-state index contributed by atoms with van der Waals surface area (Å²) in [4.78, 5) is 26.6. The van der Waals surface area contributed by atoms with Gasteiger partial charge in [0.05, 0.1) is 18.1 Å². The van der Waals surface area contributed by atoms with Crippen molar-refractivity contribution in [3.8, 4) is 0 Å². The number of carbonyl (C=O) groups is 2. The van der Waals surface area contributed by atoms with Crippen LogP contribution in [0, 0.1) is 24.2 Å². The summed E-state index contributed by atoms with van der Waals surface area (Å²) in [6.45, 7) is 3.78. The lowest BCUT2D eigenvalue weighted by molar-refractivity contribution is -0.144. The summed E-state index contributed by atoms with van der Waals surface area (Å²) < 4.78 is 43.5. The van der Waals surface area contributed by atoms with Crippen molar-refractivity contribution in [2.45, 2.75) is 25.9 Å². The van der Waals surface area contributed by atoms with Crippen LogP contribution in [0.5, 0.6) is 0 Å². The molecule has 5 nitrogen and oxygen atoms in total. The molecule has 2 heterocycles. The van der Waals surface area contributed by atoms with Crippen molar-refractivity contribution in [3.05, 3.63) is 29.3 Å². The fourth-order valence-electron chi connectivity index (χ4n) is 4.13. The zero-order valence-electron chi connectivity index (χ0n) is 14.9. The number of hydrogen-bond acceptors (Lipinski definition) is 3. The number of amides is 2. The van der Waals surface area contributed by atoms with Crippen LogP contribution >= 0.6 is 0 Å². The number of nitrogens with zero attached hydrogens (tertiary/aromatic N) is 1. The number of nitrogens with one attached hydrogen (secondary N) is 1. The molecule has 0 bridgehead atoms. The summed E-state index contributed by atoms with van der Waals surface area (Å²) in [7, 11) is 0. The van der Waals surface area contributed by atoms with E-state index in [4.69, 9.17) is 4.74 Å². The van der Waals surface area contributed by atoms with E-state index in [1.165, 1.54) is 6.07 Å². The Morgan fingerprint density at radius 3 is 2.63 bits per heavy atom. The molecule has 8 heteroatoms. The second-order valence-electron chi connectivity index (χ2n) is 7.89. The second-order valence-corrected chi connectivity index (χ2v) is 7.89. The van der Waals surface area contributed by atoms with Crippen molar-refractivity contribution in [2.75, 3.05) is 31.6 Å². The Hall–Kier alpha value is -2.09. The molecular weight excluding hydrogens is 361 g/mol. The molecule has 1 aromatic carbocycles. The van der Waals surface area contributed by atoms with Crippen molar-refractivity contribution in [1.82, 2.24) is 4.90 Å². The highest BCUT2D eigenvalue weighted by atomic mass is 19.4. The van der Waals surface area contributed by atoms with Crippen molar-refractivity contribution < 1.29 is 27.5 Å². The first-order chi connectivity index (χ1) is 12.7. The number of anilines is 1. The second kappa shape index (κ2) is 6.22. The molecule has 0 aromatic heterocycles. The van der Waals surface area contributed by atoms with E-state index in [2.05, 4.69) is 5.32 Å². The van der Waals surface area contributed by atoms with E-state index in [9.17, 15) is 22.8 Å². The maximum absolute atomic E-state index is 12.7. The van der Waals surface area contributed by atoms with E-state index in [-0.39, 0.29) is 29.1 Å². The third kappa shape index (κ3) is 3.31. The molecular formula is C19H21F3N2O3. The van der Waals surface area contributed by atoms with Gasteiger partial charge in [-0.25, -0.2) is 0 Å². The third-order valence-electron chi connectivity index (χ3n) is 5.92. The van der Waals surface area contributed by atoms with Crippen LogP contribution in [0.25, 0.3) is 0 Å². The molecule has 0 radical (unpaired) electrons. The molecule has 3 fully saturated rings. The van der Waals surface area contributed by atoms with Crippen molar-refractivity contribution >= 4 is 17.5 Å². The predicted molar refractivity (Wildman–Crippen MR) is 90.9 cm³/mol. The number of alkyl halides is 3. The molecule has 2 unspecified atom stereocenters. The van der Waals surface area contributed by atoms with E-state index >= 15 is 0 Å². The summed E-state index contributed by atoms with van der Waals surface area (Å²) in [5.74, 6) is -0.344. The average Bonchev–Trinajstić information content (AvgIpc) is 3.08. The lowest BCUT2D eigenvalue weighted by Crippen LogP contribution is -2.55. The molecule has 27 heavy (non-hydrogen) atoms. The van der Waals surface area contributed by atoms with Crippen LogP contribution in [-0.2, 0) is 20.5 Å². The first-order valence-corrected chi connectivity index (χ1v) is 9.05. The van der Waals surface area contributed by atoms with Gasteiger partial charge in [0.2, 0.25) is 11.8 Å². The minimum absolute atomic E-state index is 0.0665. The highest BCUT2D eigenvalue weighted by Crippen LogP contribution is 2.59. The van der Waals surface area contributed by atoms with Gasteiger partial charge in [0.1, 0.15) is 0 Å². The predicted octanol–water partition coefficient (Wildman–Crippen LogP) is 2.84. The monoisotopic (exact) mass is 382 g/mol. The van der Waals surface area contributed by atoms with E-state index in [0.29, 0.717) is 44.0 Å². The van der Waals surface area contributed by atoms with Gasteiger partial charge in [-0.1, -0.05) is 0 Å². The number of benzene rings is 1. The van der Waals surface area contributed by atoms with Gasteiger partial charge in [-0.2, -0.15) is 13.2 Å². The van der Waals surface area contributed by atoms with Gasteiger partial charge in [-0.05, 0) is 43.5 Å². The number of rotatable bonds is 3. The average molecular weight is 382 g/mol. The minimum atomic E-state index is -4.40. The molecule has 1 N–H and O–H groups in total. The number of aryl methyl sites for hydroxylation is 1. The zero-order valence-corrected chi connectivity index (χ0v) is 14.9. The van der Waals surface area contributed by atoms with Crippen LogP contribution in [0.4, 0.5) is 18.9 Å². The maximum Gasteiger partial charge on any atom is 0.416 e. The fraction of sp³-hybridized carbons (Fsp3) is 0.579. The maximum atomic E-state index is 12.7. The van der Waals surface area contributed by atoms with Gasteiger partial charge in [0.25, 0.3) is 0 Å². The van der Waals surface area contributed by atoms with Gasteiger partial charge < -0.3 is 15.0 Å². The molecule has 1 saturated carbocycles. The summed E-state index contributed by atoms with van der Waals surface area (Å²) in [5.41, 5.74) is -0.117. The smallest absolute Gasteiger partial charge is 0.381 e. The molecule has 1 aliphatic carbocycles. The Morgan fingerprint density at radius 1 is 1.30 bits per heavy atom. The Bertz CT molecular complexity index is 781. The Kier molecular flexibility index (Phi) is 4.21. The molecule has 1 aromatic rings. The molecule has 2 aliphatic heterocycles. The van der Waals surface area contributed by atoms with E-state index in [1.54, 1.807) is 11.8 Å². The van der Waals surface area contributed by atoms with Crippen molar-refractivity contribution in [3.63, 3.8) is 0 Å². The zero-order chi connectivity index (χ0) is 19.4. The van der Waals surface area contributed by atoms with Gasteiger partial charge in [0, 0.05) is 36.7 Å². The van der Waals surface area contributed by atoms with Crippen molar-refractivity contribution in [1.29, 1.82) is 0 Å². The lowest BCUT2D eigenvalue weighted by atomic mass is 9.91. The quantitative estimate of drug-likeness (QED) is 0.875. The summed E-state index contributed by atoms with van der Waals surface area (Å²) in [6, 6.07) is 3.30. The number of likely N-dealkylation sites (tertiary alicyclic amines) is 1. The van der Waals surface area contributed by atoms with Crippen LogP contribution in [0.2, 0.25) is 0 Å². The lowest BCUT2D eigenvalue weighted by Gasteiger charge is -2.42. The Labute approximate surface area is 154 Å². The first kappa shape index (κ1) is 18.3. The molecule has 4 rings (SSSR count). The van der Waals surface area contributed by atoms with Gasteiger partial charge in [0.15, 0.2) is 0 Å².